The Hall–Kier alpha value is -1.89. The van der Waals surface area contributed by atoms with Crippen molar-refractivity contribution >= 4 is 34.8 Å². The summed E-state index contributed by atoms with van der Waals surface area (Å²) in [4.78, 5) is 24.8. The second-order valence-electron chi connectivity index (χ2n) is 5.39. The fourth-order valence-electron chi connectivity index (χ4n) is 2.10. The molecule has 0 aliphatic heterocycles. The fraction of sp³-hybridized carbons (Fsp3) is 0.294. The van der Waals surface area contributed by atoms with Gasteiger partial charge in [-0.1, -0.05) is 29.8 Å². The maximum Gasteiger partial charge on any atom is 0.309 e. The Kier molecular flexibility index (Phi) is 6.36. The number of halogens is 1. The third-order valence-electron chi connectivity index (χ3n) is 3.68. The van der Waals surface area contributed by atoms with E-state index in [1.165, 1.54) is 11.3 Å². The molecule has 2 amide bonds. The number of ether oxygens (including phenoxy) is 1. The van der Waals surface area contributed by atoms with Gasteiger partial charge in [0.15, 0.2) is 0 Å². The molecule has 2 rings (SSSR count). The molecule has 1 aromatic heterocycles. The van der Waals surface area contributed by atoms with Crippen molar-refractivity contribution in [3.05, 3.63) is 57.2 Å². The van der Waals surface area contributed by atoms with Crippen LogP contribution in [-0.2, 0) is 26.5 Å². The van der Waals surface area contributed by atoms with E-state index in [1.807, 2.05) is 36.6 Å². The molecule has 0 saturated heterocycles. The summed E-state index contributed by atoms with van der Waals surface area (Å²) in [5.74, 6) is -1.37. The van der Waals surface area contributed by atoms with Crippen molar-refractivity contribution in [1.29, 1.82) is 0 Å². The number of nitrogens with one attached hydrogen (secondary N) is 2. The number of carbonyl (C=O) groups excluding carboxylic acids is 2. The highest BCUT2D eigenvalue weighted by Crippen LogP contribution is 2.26. The van der Waals surface area contributed by atoms with Crippen LogP contribution in [0.1, 0.15) is 17.4 Å². The molecule has 0 fully saturated rings. The highest BCUT2D eigenvalue weighted by molar-refractivity contribution is 7.09. The van der Waals surface area contributed by atoms with Crippen LogP contribution in [0.4, 0.5) is 0 Å². The van der Waals surface area contributed by atoms with E-state index in [0.29, 0.717) is 11.6 Å². The lowest BCUT2D eigenvalue weighted by Gasteiger charge is -2.29. The summed E-state index contributed by atoms with van der Waals surface area (Å²) in [7, 11) is 1.55. The Bertz CT molecular complexity index is 706. The molecule has 1 heterocycles. The molecule has 1 atom stereocenters. The smallest absolute Gasteiger partial charge is 0.309 e. The molecule has 7 heteroatoms. The maximum atomic E-state index is 12.0. The number of thiophene rings is 1. The largest absolute Gasteiger partial charge is 0.372 e. The van der Waals surface area contributed by atoms with Crippen molar-refractivity contribution < 1.29 is 14.3 Å². The highest BCUT2D eigenvalue weighted by Gasteiger charge is 2.28. The number of carbonyl (C=O) groups is 2. The van der Waals surface area contributed by atoms with Gasteiger partial charge in [0, 0.05) is 17.0 Å². The van der Waals surface area contributed by atoms with Gasteiger partial charge in [-0.25, -0.2) is 0 Å². The van der Waals surface area contributed by atoms with Crippen LogP contribution in [-0.4, -0.2) is 25.5 Å². The third-order valence-corrected chi connectivity index (χ3v) is 4.79. The van der Waals surface area contributed by atoms with E-state index in [0.717, 1.165) is 10.4 Å². The molecule has 0 bridgehead atoms. The van der Waals surface area contributed by atoms with Crippen molar-refractivity contribution in [3.8, 4) is 0 Å². The van der Waals surface area contributed by atoms with E-state index >= 15 is 0 Å². The minimum atomic E-state index is -0.783. The number of amides is 2. The number of benzene rings is 1. The zero-order valence-electron chi connectivity index (χ0n) is 13.5. The van der Waals surface area contributed by atoms with E-state index in [4.69, 9.17) is 16.3 Å². The van der Waals surface area contributed by atoms with Gasteiger partial charge in [0.25, 0.3) is 0 Å². The Morgan fingerprint density at radius 2 is 1.96 bits per heavy atom. The Morgan fingerprint density at radius 1 is 1.21 bits per heavy atom. The van der Waals surface area contributed by atoms with Crippen molar-refractivity contribution in [1.82, 2.24) is 10.6 Å². The predicted octanol–water partition coefficient (Wildman–Crippen LogP) is 2.70. The maximum absolute atomic E-state index is 12.0. The molecule has 2 N–H and O–H groups in total. The minimum absolute atomic E-state index is 0.148. The van der Waals surface area contributed by atoms with Gasteiger partial charge in [0.05, 0.1) is 13.1 Å². The summed E-state index contributed by atoms with van der Waals surface area (Å²) < 4.78 is 5.52. The lowest BCUT2D eigenvalue weighted by atomic mass is 9.95. The number of hydrogen-bond acceptors (Lipinski definition) is 4. The van der Waals surface area contributed by atoms with Gasteiger partial charge >= 0.3 is 11.8 Å². The number of rotatable bonds is 6. The van der Waals surface area contributed by atoms with Crippen LogP contribution >= 0.6 is 22.9 Å². The first-order valence-electron chi connectivity index (χ1n) is 7.34. The molecular weight excluding hydrogens is 348 g/mol. The van der Waals surface area contributed by atoms with Crippen LogP contribution in [0.2, 0.25) is 5.02 Å². The first-order chi connectivity index (χ1) is 11.4. The SMILES string of the molecule is CO[C@@](C)(CNC(=O)C(=O)NCc1cccs1)c1cccc(Cl)c1. The minimum Gasteiger partial charge on any atom is -0.372 e. The molecular formula is C17H19ClN2O3S. The molecule has 0 saturated carbocycles. The van der Waals surface area contributed by atoms with Crippen molar-refractivity contribution in [2.45, 2.75) is 19.1 Å². The number of hydrogen-bond donors (Lipinski definition) is 2. The predicted molar refractivity (Wildman–Crippen MR) is 95.0 cm³/mol. The lowest BCUT2D eigenvalue weighted by molar-refractivity contribution is -0.140. The molecule has 1 aromatic carbocycles. The van der Waals surface area contributed by atoms with Crippen LogP contribution in [0, 0.1) is 0 Å². The fourth-order valence-corrected chi connectivity index (χ4v) is 2.93. The summed E-state index contributed by atoms with van der Waals surface area (Å²) in [6, 6.07) is 11.0. The molecule has 0 spiro atoms. The third kappa shape index (κ3) is 4.80. The van der Waals surface area contributed by atoms with E-state index in [9.17, 15) is 9.59 Å². The van der Waals surface area contributed by atoms with Crippen LogP contribution < -0.4 is 10.6 Å². The van der Waals surface area contributed by atoms with Gasteiger partial charge in [-0.3, -0.25) is 9.59 Å². The first kappa shape index (κ1) is 18.4. The van der Waals surface area contributed by atoms with E-state index in [1.54, 1.807) is 19.2 Å². The highest BCUT2D eigenvalue weighted by atomic mass is 35.5. The first-order valence-corrected chi connectivity index (χ1v) is 8.60. The standard InChI is InChI=1S/C17H19ClN2O3S/c1-17(23-2,12-5-3-6-13(18)9-12)11-20-16(22)15(21)19-10-14-7-4-8-24-14/h3-9H,10-11H2,1-2H3,(H,19,21)(H,20,22)/t17-/m0/s1. The topological polar surface area (TPSA) is 67.4 Å². The molecule has 128 valence electrons. The zero-order valence-corrected chi connectivity index (χ0v) is 15.0. The summed E-state index contributed by atoms with van der Waals surface area (Å²) in [5, 5.41) is 7.68. The van der Waals surface area contributed by atoms with Gasteiger partial charge in [-0.2, -0.15) is 0 Å². The molecule has 0 radical (unpaired) electrons. The molecule has 24 heavy (non-hydrogen) atoms. The summed E-state index contributed by atoms with van der Waals surface area (Å²) >= 11 is 7.52. The Morgan fingerprint density at radius 3 is 2.58 bits per heavy atom. The molecule has 0 aliphatic carbocycles. The number of methoxy groups -OCH3 is 1. The molecule has 0 aliphatic rings. The summed E-state index contributed by atoms with van der Waals surface area (Å²) in [5.41, 5.74) is 0.0333. The van der Waals surface area contributed by atoms with Crippen LogP contribution in [0.5, 0.6) is 0 Å². The summed E-state index contributed by atoms with van der Waals surface area (Å²) in [6.07, 6.45) is 0. The van der Waals surface area contributed by atoms with Gasteiger partial charge in [0.1, 0.15) is 5.60 Å². The van der Waals surface area contributed by atoms with Crippen molar-refractivity contribution in [3.63, 3.8) is 0 Å². The average molecular weight is 367 g/mol. The van der Waals surface area contributed by atoms with Gasteiger partial charge in [-0.05, 0) is 36.1 Å². The molecule has 0 unspecified atom stereocenters. The average Bonchev–Trinajstić information content (AvgIpc) is 3.10. The lowest BCUT2D eigenvalue weighted by Crippen LogP contribution is -2.45. The van der Waals surface area contributed by atoms with Crippen molar-refractivity contribution in [2.24, 2.45) is 0 Å². The van der Waals surface area contributed by atoms with Crippen molar-refractivity contribution in [2.75, 3.05) is 13.7 Å². The van der Waals surface area contributed by atoms with Crippen LogP contribution in [0.15, 0.2) is 41.8 Å². The van der Waals surface area contributed by atoms with E-state index in [-0.39, 0.29) is 6.54 Å². The zero-order chi connectivity index (χ0) is 17.6. The summed E-state index contributed by atoms with van der Waals surface area (Å²) in [6.45, 7) is 2.30. The Balaban J connectivity index is 1.92. The van der Waals surface area contributed by atoms with Gasteiger partial charge in [-0.15, -0.1) is 11.3 Å². The Labute approximate surface area is 150 Å². The van der Waals surface area contributed by atoms with Crippen LogP contribution in [0.25, 0.3) is 0 Å². The quantitative estimate of drug-likeness (QED) is 0.772. The molecule has 2 aromatic rings. The second-order valence-corrected chi connectivity index (χ2v) is 6.86. The second kappa shape index (κ2) is 8.28. The van der Waals surface area contributed by atoms with E-state index in [2.05, 4.69) is 10.6 Å². The van der Waals surface area contributed by atoms with Gasteiger partial charge in [0.2, 0.25) is 0 Å². The molecule has 5 nitrogen and oxygen atoms in total. The van der Waals surface area contributed by atoms with E-state index < -0.39 is 17.4 Å². The van der Waals surface area contributed by atoms with Crippen LogP contribution in [0.3, 0.4) is 0 Å². The van der Waals surface area contributed by atoms with Gasteiger partial charge < -0.3 is 15.4 Å². The normalized spacial score (nSPS) is 13.1. The monoisotopic (exact) mass is 366 g/mol.